The van der Waals surface area contributed by atoms with Gasteiger partial charge in [-0.1, -0.05) is 54.6 Å². The Hall–Kier alpha value is -3.80. The number of aryl methyl sites for hydroxylation is 1. The first kappa shape index (κ1) is 37.7. The van der Waals surface area contributed by atoms with Crippen molar-refractivity contribution in [2.45, 2.75) is 102 Å². The average molecular weight is 656 g/mol. The minimum absolute atomic E-state index is 0.0440. The highest BCUT2D eigenvalue weighted by Gasteiger charge is 2.40. The number of aliphatic hydroxyl groups is 3. The number of allylic oxidation sites excluding steroid dienone is 2. The first-order chi connectivity index (χ1) is 22.7. The summed E-state index contributed by atoms with van der Waals surface area (Å²) < 4.78 is 10.6. The van der Waals surface area contributed by atoms with Crippen molar-refractivity contribution in [3.05, 3.63) is 88.0 Å². The number of hydrogen-bond acceptors (Lipinski definition) is 10. The van der Waals surface area contributed by atoms with Crippen molar-refractivity contribution in [2.75, 3.05) is 13.2 Å². The van der Waals surface area contributed by atoms with Gasteiger partial charge in [0.25, 0.3) is 5.09 Å². The molecule has 11 nitrogen and oxygen atoms in total. The molecule has 47 heavy (non-hydrogen) atoms. The molecule has 1 fully saturated rings. The van der Waals surface area contributed by atoms with Crippen molar-refractivity contribution in [2.24, 2.45) is 11.8 Å². The molecule has 2 aromatic carbocycles. The molecule has 0 aromatic heterocycles. The highest BCUT2D eigenvalue weighted by molar-refractivity contribution is 5.72. The Balaban J connectivity index is 1.26. The van der Waals surface area contributed by atoms with E-state index < -0.39 is 23.4 Å². The van der Waals surface area contributed by atoms with E-state index in [0.717, 1.165) is 12.0 Å². The number of carbonyl (C=O) groups excluding carboxylic acids is 2. The summed E-state index contributed by atoms with van der Waals surface area (Å²) in [6.45, 7) is 0.161. The quantitative estimate of drug-likeness (QED) is 0.0378. The normalized spacial score (nSPS) is 19.8. The van der Waals surface area contributed by atoms with Crippen molar-refractivity contribution >= 4 is 11.9 Å². The summed E-state index contributed by atoms with van der Waals surface area (Å²) in [5.74, 6) is -0.374. The van der Waals surface area contributed by atoms with E-state index in [1.54, 1.807) is 24.3 Å². The van der Waals surface area contributed by atoms with Crippen LogP contribution in [0.15, 0.2) is 66.7 Å². The van der Waals surface area contributed by atoms with Gasteiger partial charge >= 0.3 is 11.9 Å². The first-order valence-electron chi connectivity index (χ1n) is 16.7. The summed E-state index contributed by atoms with van der Waals surface area (Å²) in [6.07, 6.45) is 9.25. The van der Waals surface area contributed by atoms with Crippen LogP contribution in [0.5, 0.6) is 5.75 Å². The van der Waals surface area contributed by atoms with Gasteiger partial charge in [-0.2, -0.15) is 0 Å². The van der Waals surface area contributed by atoms with Gasteiger partial charge in [-0.05, 0) is 99.3 Å². The summed E-state index contributed by atoms with van der Waals surface area (Å²) in [4.78, 5) is 38.3. The van der Waals surface area contributed by atoms with Gasteiger partial charge in [0.1, 0.15) is 5.75 Å². The minimum atomic E-state index is -0.858. The maximum atomic E-state index is 12.3. The molecule has 0 bridgehead atoms. The second-order valence-corrected chi connectivity index (χ2v) is 12.2. The third kappa shape index (κ3) is 15.1. The van der Waals surface area contributed by atoms with Gasteiger partial charge < -0.3 is 29.6 Å². The van der Waals surface area contributed by atoms with Crippen molar-refractivity contribution < 1.29 is 44.3 Å². The molecule has 5 atom stereocenters. The van der Waals surface area contributed by atoms with Crippen molar-refractivity contribution in [3.8, 4) is 5.75 Å². The summed E-state index contributed by atoms with van der Waals surface area (Å²) in [5.41, 5.74) is 2.11. The number of benzene rings is 2. The molecule has 2 aromatic rings. The molecule has 0 spiro atoms. The van der Waals surface area contributed by atoms with E-state index in [-0.39, 0.29) is 49.8 Å². The molecule has 0 aliphatic heterocycles. The van der Waals surface area contributed by atoms with Crippen molar-refractivity contribution in [3.63, 3.8) is 0 Å². The van der Waals surface area contributed by atoms with Gasteiger partial charge in [-0.25, -0.2) is 0 Å². The van der Waals surface area contributed by atoms with E-state index >= 15 is 0 Å². The Morgan fingerprint density at radius 3 is 2.30 bits per heavy atom. The van der Waals surface area contributed by atoms with Crippen molar-refractivity contribution in [1.82, 2.24) is 0 Å². The lowest BCUT2D eigenvalue weighted by molar-refractivity contribution is -0.757. The van der Waals surface area contributed by atoms with Crippen LogP contribution in [0.25, 0.3) is 0 Å². The van der Waals surface area contributed by atoms with Crippen LogP contribution in [-0.4, -0.2) is 63.9 Å². The van der Waals surface area contributed by atoms with Crippen LogP contribution in [0.1, 0.15) is 81.8 Å². The number of unbranched alkanes of at least 4 members (excludes halogenated alkanes) is 2. The van der Waals surface area contributed by atoms with Gasteiger partial charge in [0, 0.05) is 19.3 Å². The fraction of sp³-hybridized carbons (Fsp3) is 0.556. The summed E-state index contributed by atoms with van der Waals surface area (Å²) in [6, 6.07) is 17.1. The topological polar surface area (TPSA) is 166 Å². The zero-order chi connectivity index (χ0) is 33.9. The fourth-order valence-electron chi connectivity index (χ4n) is 5.92. The van der Waals surface area contributed by atoms with Crippen LogP contribution >= 0.6 is 0 Å². The number of esters is 2. The van der Waals surface area contributed by atoms with Crippen molar-refractivity contribution in [1.29, 1.82) is 0 Å². The van der Waals surface area contributed by atoms with E-state index in [1.165, 1.54) is 5.56 Å². The van der Waals surface area contributed by atoms with Crippen LogP contribution in [0.2, 0.25) is 0 Å². The molecule has 0 heterocycles. The Kier molecular flexibility index (Phi) is 16.9. The van der Waals surface area contributed by atoms with Crippen LogP contribution in [0.3, 0.4) is 0 Å². The van der Waals surface area contributed by atoms with E-state index in [4.69, 9.17) is 9.47 Å². The maximum absolute atomic E-state index is 12.3. The first-order valence-corrected chi connectivity index (χ1v) is 16.7. The van der Waals surface area contributed by atoms with Gasteiger partial charge in [-0.3, -0.25) is 9.59 Å². The molecule has 0 amide bonds. The molecule has 0 saturated heterocycles. The van der Waals surface area contributed by atoms with Crippen LogP contribution < -0.4 is 4.74 Å². The third-order valence-electron chi connectivity index (χ3n) is 8.57. The number of hydrogen-bond donors (Lipinski definition) is 3. The molecule has 1 aliphatic carbocycles. The smallest absolute Gasteiger partial charge is 0.311 e. The number of nitrogens with zero attached hydrogens (tertiary/aromatic N) is 1. The number of carbonyl (C=O) groups is 2. The number of rotatable bonds is 22. The highest BCUT2D eigenvalue weighted by atomic mass is 16.9. The summed E-state index contributed by atoms with van der Waals surface area (Å²) in [5, 5.41) is 40.8. The Morgan fingerprint density at radius 2 is 1.55 bits per heavy atom. The second-order valence-electron chi connectivity index (χ2n) is 12.2. The maximum Gasteiger partial charge on any atom is 0.311 e. The molecule has 258 valence electrons. The third-order valence-corrected chi connectivity index (χ3v) is 8.57. The molecular formula is C36H49NO10. The SMILES string of the molecule is O=C(CCCCO[N+](=O)[O-])OCCc1ccc(OC(=O)CCC/C=C\C[C@@H]2[C@@H](CC[C@@H](O)CCc3ccccc3)[C@H](O)C[C@@H]2O)cc1. The average Bonchev–Trinajstić information content (AvgIpc) is 3.32. The van der Waals surface area contributed by atoms with Gasteiger partial charge in [0.2, 0.25) is 0 Å². The lowest BCUT2D eigenvalue weighted by Crippen LogP contribution is -2.23. The Morgan fingerprint density at radius 1 is 0.851 bits per heavy atom. The molecular weight excluding hydrogens is 606 g/mol. The van der Waals surface area contributed by atoms with Crippen LogP contribution in [-0.2, 0) is 32.0 Å². The Labute approximate surface area is 276 Å². The predicted molar refractivity (Wildman–Crippen MR) is 175 cm³/mol. The van der Waals surface area contributed by atoms with E-state index in [0.29, 0.717) is 70.0 Å². The lowest BCUT2D eigenvalue weighted by Gasteiger charge is -2.23. The lowest BCUT2D eigenvalue weighted by atomic mass is 9.85. The van der Waals surface area contributed by atoms with Gasteiger partial charge in [-0.15, -0.1) is 10.1 Å². The standard InChI is InChI=1S/C36H49NO10/c38-29(18-15-27-10-4-3-5-11-27)19-22-32-31(33(39)26-34(32)40)12-6-1-2-7-14-36(42)47-30-20-16-28(17-21-30)23-25-45-35(41)13-8-9-24-46-37(43)44/h1,3-6,10-11,16-17,20-21,29,31-34,38-40H,2,7-9,12-15,18-19,22-26H2/b6-1-/t29-,31+,32+,33-,34+/m0/s1. The van der Waals surface area contributed by atoms with Crippen LogP contribution in [0.4, 0.5) is 0 Å². The minimum Gasteiger partial charge on any atom is -0.465 e. The monoisotopic (exact) mass is 655 g/mol. The molecule has 1 saturated carbocycles. The van der Waals surface area contributed by atoms with Gasteiger partial charge in [0.15, 0.2) is 0 Å². The highest BCUT2D eigenvalue weighted by Crippen LogP contribution is 2.38. The second kappa shape index (κ2) is 21.1. The molecule has 11 heteroatoms. The van der Waals surface area contributed by atoms with E-state index in [9.17, 15) is 35.0 Å². The summed E-state index contributed by atoms with van der Waals surface area (Å²) in [7, 11) is 0. The zero-order valence-electron chi connectivity index (χ0n) is 27.0. The van der Waals surface area contributed by atoms with Crippen LogP contribution in [0, 0.1) is 22.0 Å². The number of aliphatic hydroxyl groups excluding tert-OH is 3. The summed E-state index contributed by atoms with van der Waals surface area (Å²) >= 11 is 0. The molecule has 3 rings (SSSR count). The molecule has 3 N–H and O–H groups in total. The fourth-order valence-corrected chi connectivity index (χ4v) is 5.92. The molecule has 0 radical (unpaired) electrons. The van der Waals surface area contributed by atoms with Gasteiger partial charge in [0.05, 0.1) is 31.5 Å². The number of ether oxygens (including phenoxy) is 2. The molecule has 1 aliphatic rings. The predicted octanol–water partition coefficient (Wildman–Crippen LogP) is 5.30. The van der Waals surface area contributed by atoms with E-state index in [1.807, 2.05) is 30.4 Å². The van der Waals surface area contributed by atoms with E-state index in [2.05, 4.69) is 17.0 Å². The molecule has 0 unspecified atom stereocenters. The largest absolute Gasteiger partial charge is 0.465 e. The Bertz CT molecular complexity index is 1240. The zero-order valence-corrected chi connectivity index (χ0v) is 27.0.